The molecule has 0 unspecified atom stereocenters. The number of hydrogen-bond acceptors (Lipinski definition) is 12. The van der Waals surface area contributed by atoms with Crippen LogP contribution in [-0.4, -0.2) is 84.7 Å². The van der Waals surface area contributed by atoms with Crippen molar-refractivity contribution in [3.63, 3.8) is 0 Å². The minimum Gasteiger partial charge on any atom is -0.463 e. The number of carbonyl (C=O) groups is 4. The van der Waals surface area contributed by atoms with Gasteiger partial charge in [-0.05, 0) is 32.5 Å². The van der Waals surface area contributed by atoms with Crippen LogP contribution in [0.1, 0.15) is 52.1 Å². The molecule has 0 radical (unpaired) electrons. The summed E-state index contributed by atoms with van der Waals surface area (Å²) in [7, 11) is 2.00. The third-order valence-electron chi connectivity index (χ3n) is 5.86. The van der Waals surface area contributed by atoms with Gasteiger partial charge in [-0.2, -0.15) is 0 Å². The molecule has 2 fully saturated rings. The number of carbonyl (C=O) groups excluding carboxylic acids is 4. The van der Waals surface area contributed by atoms with Gasteiger partial charge in [-0.15, -0.1) is 0 Å². The van der Waals surface area contributed by atoms with Gasteiger partial charge in [0.25, 0.3) is 0 Å². The van der Waals surface area contributed by atoms with Gasteiger partial charge in [0.1, 0.15) is 12.7 Å². The molecule has 1 aromatic heterocycles. The Hall–Kier alpha value is -3.25. The van der Waals surface area contributed by atoms with Crippen LogP contribution in [0.3, 0.4) is 0 Å². The minimum atomic E-state index is -1.33. The van der Waals surface area contributed by atoms with E-state index in [4.69, 9.17) is 28.4 Å². The van der Waals surface area contributed by atoms with E-state index >= 15 is 0 Å². The van der Waals surface area contributed by atoms with Gasteiger partial charge >= 0.3 is 23.9 Å². The van der Waals surface area contributed by atoms with E-state index in [2.05, 4.69) is 9.88 Å². The van der Waals surface area contributed by atoms with Gasteiger partial charge in [-0.3, -0.25) is 24.1 Å². The summed E-state index contributed by atoms with van der Waals surface area (Å²) in [5, 5.41) is 0. The Labute approximate surface area is 209 Å². The van der Waals surface area contributed by atoms with E-state index in [1.54, 1.807) is 12.3 Å². The number of pyridine rings is 1. The largest absolute Gasteiger partial charge is 0.463 e. The summed E-state index contributed by atoms with van der Waals surface area (Å²) in [6, 6.07) is 3.74. The van der Waals surface area contributed by atoms with E-state index in [0.717, 1.165) is 38.8 Å². The standard InChI is InChI=1S/C24H32N2O10/c1-13(27)31-12-19-20(32-14(2)28)21(33-15(3)29)22(34-16(4)30)24(35-19)36-23-17(8-6-10-25-23)18-9-7-11-26(18)5/h6,8,10,18-22,24H,7,9,11-12H2,1-5H3/t18-,19+,20-,21-,22+,24-/m0/s1. The molecule has 2 aliphatic heterocycles. The van der Waals surface area contributed by atoms with Crippen molar-refractivity contribution in [3.8, 4) is 5.88 Å². The Morgan fingerprint density at radius 3 is 2.19 bits per heavy atom. The van der Waals surface area contributed by atoms with Crippen LogP contribution >= 0.6 is 0 Å². The quantitative estimate of drug-likeness (QED) is 0.369. The molecule has 12 heteroatoms. The Morgan fingerprint density at radius 1 is 0.972 bits per heavy atom. The van der Waals surface area contributed by atoms with E-state index in [-0.39, 0.29) is 18.5 Å². The Kier molecular flexibility index (Phi) is 9.21. The zero-order valence-corrected chi connectivity index (χ0v) is 21.0. The van der Waals surface area contributed by atoms with Crippen LogP contribution in [0.5, 0.6) is 5.88 Å². The minimum absolute atomic E-state index is 0.0550. The lowest BCUT2D eigenvalue weighted by atomic mass is 9.98. The predicted octanol–water partition coefficient (Wildman–Crippen LogP) is 1.31. The smallest absolute Gasteiger partial charge is 0.303 e. The SMILES string of the molecule is CC(=O)OC[C@H]1O[C@@H](Oc2ncccc2[C@@H]2CCCN2C)[C@H](OC(C)=O)[C@@H](OC(C)=O)[C@H]1OC(C)=O. The number of ether oxygens (including phenoxy) is 6. The number of rotatable bonds is 8. The van der Waals surface area contributed by atoms with E-state index in [9.17, 15) is 19.2 Å². The van der Waals surface area contributed by atoms with Gasteiger partial charge in [0.2, 0.25) is 18.3 Å². The summed E-state index contributed by atoms with van der Waals surface area (Å²) >= 11 is 0. The molecule has 0 aromatic carbocycles. The lowest BCUT2D eigenvalue weighted by molar-refractivity contribution is -0.289. The first-order valence-corrected chi connectivity index (χ1v) is 11.7. The summed E-state index contributed by atoms with van der Waals surface area (Å²) in [5.74, 6) is -2.47. The first-order chi connectivity index (χ1) is 17.1. The van der Waals surface area contributed by atoms with E-state index in [1.165, 1.54) is 13.8 Å². The molecule has 0 N–H and O–H groups in total. The summed E-state index contributed by atoms with van der Waals surface area (Å²) < 4.78 is 33.6. The zero-order chi connectivity index (χ0) is 26.4. The number of esters is 4. The molecule has 0 bridgehead atoms. The fourth-order valence-corrected chi connectivity index (χ4v) is 4.45. The second kappa shape index (κ2) is 12.1. The van der Waals surface area contributed by atoms with Crippen molar-refractivity contribution in [2.45, 2.75) is 77.3 Å². The molecule has 12 nitrogen and oxygen atoms in total. The van der Waals surface area contributed by atoms with Crippen molar-refractivity contribution in [1.29, 1.82) is 0 Å². The number of aromatic nitrogens is 1. The normalized spacial score (nSPS) is 28.1. The topological polar surface area (TPSA) is 140 Å². The van der Waals surface area contributed by atoms with Crippen LogP contribution in [-0.2, 0) is 42.9 Å². The molecule has 2 saturated heterocycles. The monoisotopic (exact) mass is 508 g/mol. The van der Waals surface area contributed by atoms with E-state index in [0.29, 0.717) is 0 Å². The van der Waals surface area contributed by atoms with Gasteiger partial charge in [-0.1, -0.05) is 6.07 Å². The van der Waals surface area contributed by atoms with Crippen LogP contribution in [0.2, 0.25) is 0 Å². The maximum absolute atomic E-state index is 12.0. The highest BCUT2D eigenvalue weighted by Crippen LogP contribution is 2.37. The summed E-state index contributed by atoms with van der Waals surface area (Å²) in [5.41, 5.74) is 0.811. The van der Waals surface area contributed by atoms with Gasteiger partial charge in [-0.25, -0.2) is 4.98 Å². The first kappa shape index (κ1) is 27.3. The van der Waals surface area contributed by atoms with Crippen LogP contribution < -0.4 is 4.74 Å². The molecule has 1 aromatic rings. The second-order valence-electron chi connectivity index (χ2n) is 8.72. The fourth-order valence-electron chi connectivity index (χ4n) is 4.45. The average molecular weight is 509 g/mol. The summed E-state index contributed by atoms with van der Waals surface area (Å²) in [6.07, 6.45) is -2.84. The van der Waals surface area contributed by atoms with Crippen LogP contribution in [0, 0.1) is 0 Å². The molecule has 3 heterocycles. The third-order valence-corrected chi connectivity index (χ3v) is 5.86. The molecule has 3 rings (SSSR count). The lowest BCUT2D eigenvalue weighted by Gasteiger charge is -2.43. The van der Waals surface area contributed by atoms with Gasteiger partial charge in [0.15, 0.2) is 12.2 Å². The molecule has 0 aliphatic carbocycles. The highest BCUT2D eigenvalue weighted by molar-refractivity contribution is 5.68. The van der Waals surface area contributed by atoms with Gasteiger partial charge < -0.3 is 28.4 Å². The molecule has 0 saturated carbocycles. The van der Waals surface area contributed by atoms with Gasteiger partial charge in [0.05, 0.1) is 0 Å². The van der Waals surface area contributed by atoms with Crippen LogP contribution in [0.4, 0.5) is 0 Å². The maximum Gasteiger partial charge on any atom is 0.303 e. The number of nitrogens with zero attached hydrogens (tertiary/aromatic N) is 2. The molecular weight excluding hydrogens is 476 g/mol. The molecule has 36 heavy (non-hydrogen) atoms. The number of likely N-dealkylation sites (tertiary alicyclic amines) is 1. The molecule has 6 atom stereocenters. The van der Waals surface area contributed by atoms with Crippen molar-refractivity contribution >= 4 is 23.9 Å². The van der Waals surface area contributed by atoms with Crippen LogP contribution in [0.15, 0.2) is 18.3 Å². The molecule has 0 spiro atoms. The average Bonchev–Trinajstić information content (AvgIpc) is 3.21. The second-order valence-corrected chi connectivity index (χ2v) is 8.72. The third kappa shape index (κ3) is 6.91. The van der Waals surface area contributed by atoms with Crippen molar-refractivity contribution < 1.29 is 47.6 Å². The van der Waals surface area contributed by atoms with Gasteiger partial charge in [0, 0.05) is 45.5 Å². The highest BCUT2D eigenvalue weighted by atomic mass is 16.7. The highest BCUT2D eigenvalue weighted by Gasteiger charge is 2.53. The lowest BCUT2D eigenvalue weighted by Crippen LogP contribution is -2.63. The Balaban J connectivity index is 2.00. The molecule has 0 amide bonds. The van der Waals surface area contributed by atoms with E-state index in [1.807, 2.05) is 13.1 Å². The fraction of sp³-hybridized carbons (Fsp3) is 0.625. The molecule has 2 aliphatic rings. The predicted molar refractivity (Wildman–Crippen MR) is 121 cm³/mol. The van der Waals surface area contributed by atoms with Crippen molar-refractivity contribution in [2.24, 2.45) is 0 Å². The van der Waals surface area contributed by atoms with Crippen molar-refractivity contribution in [3.05, 3.63) is 23.9 Å². The Morgan fingerprint density at radius 2 is 1.61 bits per heavy atom. The molecule has 198 valence electrons. The Bertz CT molecular complexity index is 970. The van der Waals surface area contributed by atoms with Crippen molar-refractivity contribution in [2.75, 3.05) is 20.2 Å². The maximum atomic E-state index is 12.0. The number of hydrogen-bond donors (Lipinski definition) is 0. The van der Waals surface area contributed by atoms with E-state index < -0.39 is 54.6 Å². The molecular formula is C24H32N2O10. The summed E-state index contributed by atoms with van der Waals surface area (Å²) in [4.78, 5) is 53.9. The zero-order valence-electron chi connectivity index (χ0n) is 21.0. The summed E-state index contributed by atoms with van der Waals surface area (Å²) in [6.45, 7) is 5.29. The van der Waals surface area contributed by atoms with Crippen LogP contribution in [0.25, 0.3) is 0 Å². The first-order valence-electron chi connectivity index (χ1n) is 11.7. The van der Waals surface area contributed by atoms with Crippen molar-refractivity contribution in [1.82, 2.24) is 9.88 Å².